The summed E-state index contributed by atoms with van der Waals surface area (Å²) in [6.45, 7) is 5.28. The van der Waals surface area contributed by atoms with Gasteiger partial charge in [-0.1, -0.05) is 0 Å². The molecule has 0 saturated heterocycles. The highest BCUT2D eigenvalue weighted by Gasteiger charge is 2.25. The Morgan fingerprint density at radius 2 is 2.00 bits per heavy atom. The van der Waals surface area contributed by atoms with E-state index < -0.39 is 17.5 Å². The first-order valence-electron chi connectivity index (χ1n) is 4.42. The molecule has 0 aromatic heterocycles. The molecule has 0 radical (unpaired) electrons. The van der Waals surface area contributed by atoms with Crippen LogP contribution in [0.3, 0.4) is 0 Å². The minimum absolute atomic E-state index is 0.175. The Balaban J connectivity index is 4.20. The van der Waals surface area contributed by atoms with Crippen molar-refractivity contribution in [2.45, 2.75) is 38.8 Å². The van der Waals surface area contributed by atoms with Crippen molar-refractivity contribution in [3.63, 3.8) is 0 Å². The Hall–Kier alpha value is -1.10. The monoisotopic (exact) mass is 202 g/mol. The number of amides is 1. The number of rotatable bonds is 5. The zero-order valence-corrected chi connectivity index (χ0v) is 9.09. The summed E-state index contributed by atoms with van der Waals surface area (Å²) in [6.07, 6.45) is 0.175. The molecule has 5 heteroatoms. The summed E-state index contributed by atoms with van der Waals surface area (Å²) in [6, 6.07) is -0.450. The van der Waals surface area contributed by atoms with Crippen LogP contribution in [0.15, 0.2) is 0 Å². The molecule has 0 fully saturated rings. The molecule has 82 valence electrons. The number of methoxy groups -OCH3 is 1. The van der Waals surface area contributed by atoms with Gasteiger partial charge in [-0.3, -0.25) is 14.9 Å². The summed E-state index contributed by atoms with van der Waals surface area (Å²) in [5.74, 6) is -0.762. The van der Waals surface area contributed by atoms with Crippen LogP contribution in [-0.4, -0.2) is 30.6 Å². The van der Waals surface area contributed by atoms with Crippen LogP contribution in [-0.2, 0) is 14.3 Å². The molecule has 0 heterocycles. The van der Waals surface area contributed by atoms with Crippen molar-refractivity contribution < 1.29 is 14.3 Å². The second-order valence-corrected chi connectivity index (χ2v) is 3.92. The van der Waals surface area contributed by atoms with Crippen molar-refractivity contribution in [2.75, 3.05) is 7.11 Å². The molecule has 0 spiro atoms. The predicted molar refractivity (Wildman–Crippen MR) is 52.5 cm³/mol. The maximum absolute atomic E-state index is 11.1. The lowest BCUT2D eigenvalue weighted by Crippen LogP contribution is -2.50. The van der Waals surface area contributed by atoms with E-state index in [0.717, 1.165) is 0 Å². The van der Waals surface area contributed by atoms with Crippen molar-refractivity contribution in [3.8, 4) is 0 Å². The van der Waals surface area contributed by atoms with Crippen molar-refractivity contribution >= 4 is 11.9 Å². The third-order valence-corrected chi connectivity index (χ3v) is 1.78. The fourth-order valence-electron chi connectivity index (χ4n) is 1.31. The summed E-state index contributed by atoms with van der Waals surface area (Å²) >= 11 is 0. The van der Waals surface area contributed by atoms with Gasteiger partial charge in [-0.05, 0) is 20.8 Å². The fraction of sp³-hybridized carbons (Fsp3) is 0.778. The minimum atomic E-state index is -0.501. The van der Waals surface area contributed by atoms with E-state index in [1.807, 2.05) is 0 Å². The van der Waals surface area contributed by atoms with E-state index in [2.05, 4.69) is 10.1 Å². The topological polar surface area (TPSA) is 81.4 Å². The van der Waals surface area contributed by atoms with Gasteiger partial charge in [0.1, 0.15) is 6.04 Å². The lowest BCUT2D eigenvalue weighted by atomic mass is 9.99. The molecule has 0 aromatic rings. The van der Waals surface area contributed by atoms with Gasteiger partial charge in [0.2, 0.25) is 5.91 Å². The van der Waals surface area contributed by atoms with Gasteiger partial charge in [0.15, 0.2) is 0 Å². The third kappa shape index (κ3) is 4.81. The largest absolute Gasteiger partial charge is 0.468 e. The van der Waals surface area contributed by atoms with Crippen LogP contribution in [0.25, 0.3) is 0 Å². The zero-order chi connectivity index (χ0) is 11.4. The summed E-state index contributed by atoms with van der Waals surface area (Å²) in [5, 5.41) is 2.96. The molecule has 0 aliphatic heterocycles. The molecule has 14 heavy (non-hydrogen) atoms. The molecule has 1 atom stereocenters. The number of carbonyl (C=O) groups is 2. The summed E-state index contributed by atoms with van der Waals surface area (Å²) < 4.78 is 4.55. The smallest absolute Gasteiger partial charge is 0.322 e. The molecular formula is C9H18N2O3. The lowest BCUT2D eigenvalue weighted by Gasteiger charge is -2.27. The van der Waals surface area contributed by atoms with Crippen molar-refractivity contribution in [3.05, 3.63) is 0 Å². The molecule has 1 unspecified atom stereocenters. The number of primary amides is 1. The minimum Gasteiger partial charge on any atom is -0.468 e. The Morgan fingerprint density at radius 1 is 1.50 bits per heavy atom. The van der Waals surface area contributed by atoms with Crippen LogP contribution in [0.5, 0.6) is 0 Å². The van der Waals surface area contributed by atoms with E-state index in [0.29, 0.717) is 0 Å². The Morgan fingerprint density at radius 3 is 2.36 bits per heavy atom. The molecule has 0 bridgehead atoms. The Bertz CT molecular complexity index is 226. The third-order valence-electron chi connectivity index (χ3n) is 1.78. The average Bonchev–Trinajstić information content (AvgIpc) is 1.99. The van der Waals surface area contributed by atoms with E-state index in [1.165, 1.54) is 7.11 Å². The zero-order valence-electron chi connectivity index (χ0n) is 9.09. The molecule has 0 rings (SSSR count). The van der Waals surface area contributed by atoms with Crippen molar-refractivity contribution in [2.24, 2.45) is 5.73 Å². The number of hydrogen-bond donors (Lipinski definition) is 2. The Kier molecular flexibility index (Phi) is 4.56. The van der Waals surface area contributed by atoms with Crippen LogP contribution in [0.1, 0.15) is 27.2 Å². The number of esters is 1. The summed E-state index contributed by atoms with van der Waals surface area (Å²) in [7, 11) is 1.32. The van der Waals surface area contributed by atoms with Gasteiger partial charge in [0.25, 0.3) is 0 Å². The van der Waals surface area contributed by atoms with Gasteiger partial charge in [-0.25, -0.2) is 0 Å². The summed E-state index contributed by atoms with van der Waals surface area (Å²) in [5.41, 5.74) is 4.57. The number of hydrogen-bond acceptors (Lipinski definition) is 4. The fourth-order valence-corrected chi connectivity index (χ4v) is 1.31. The summed E-state index contributed by atoms with van der Waals surface area (Å²) in [4.78, 5) is 21.8. The molecule has 5 nitrogen and oxygen atoms in total. The van der Waals surface area contributed by atoms with Crippen LogP contribution >= 0.6 is 0 Å². The van der Waals surface area contributed by atoms with E-state index in [9.17, 15) is 9.59 Å². The number of carbonyl (C=O) groups excluding carboxylic acids is 2. The van der Waals surface area contributed by atoms with Crippen molar-refractivity contribution in [1.29, 1.82) is 0 Å². The second-order valence-electron chi connectivity index (χ2n) is 3.92. The van der Waals surface area contributed by atoms with Gasteiger partial charge in [-0.2, -0.15) is 0 Å². The van der Waals surface area contributed by atoms with Gasteiger partial charge in [0.05, 0.1) is 7.11 Å². The number of ether oxygens (including phenoxy) is 1. The molecule has 0 aliphatic rings. The molecule has 1 amide bonds. The SMILES string of the molecule is COC(=O)C(C)NC(C)(C)CC(N)=O. The first-order valence-corrected chi connectivity index (χ1v) is 4.42. The van der Waals surface area contributed by atoms with Crippen molar-refractivity contribution in [1.82, 2.24) is 5.32 Å². The maximum Gasteiger partial charge on any atom is 0.322 e. The Labute approximate surface area is 84.0 Å². The standard InChI is InChI=1S/C9H18N2O3/c1-6(8(13)14-4)11-9(2,3)5-7(10)12/h6,11H,5H2,1-4H3,(H2,10,12). The highest BCUT2D eigenvalue weighted by molar-refractivity contribution is 5.76. The van der Waals surface area contributed by atoms with Gasteiger partial charge in [-0.15, -0.1) is 0 Å². The molecule has 0 aliphatic carbocycles. The average molecular weight is 202 g/mol. The van der Waals surface area contributed by atoms with Gasteiger partial charge in [0, 0.05) is 12.0 Å². The van der Waals surface area contributed by atoms with Gasteiger partial charge < -0.3 is 10.5 Å². The van der Waals surface area contributed by atoms with E-state index in [-0.39, 0.29) is 12.4 Å². The van der Waals surface area contributed by atoms with E-state index in [1.54, 1.807) is 20.8 Å². The van der Waals surface area contributed by atoms with E-state index in [4.69, 9.17) is 5.73 Å². The van der Waals surface area contributed by atoms with Crippen LogP contribution in [0, 0.1) is 0 Å². The maximum atomic E-state index is 11.1. The van der Waals surface area contributed by atoms with Crippen LogP contribution in [0.4, 0.5) is 0 Å². The first-order chi connectivity index (χ1) is 6.28. The van der Waals surface area contributed by atoms with Gasteiger partial charge >= 0.3 is 5.97 Å². The van der Waals surface area contributed by atoms with Crippen LogP contribution < -0.4 is 11.1 Å². The normalized spacial score (nSPS) is 13.4. The predicted octanol–water partition coefficient (Wildman–Crippen LogP) is -0.208. The number of nitrogens with two attached hydrogens (primary N) is 1. The molecular weight excluding hydrogens is 184 g/mol. The highest BCUT2D eigenvalue weighted by Crippen LogP contribution is 2.09. The quantitative estimate of drug-likeness (QED) is 0.604. The van der Waals surface area contributed by atoms with Crippen LogP contribution in [0.2, 0.25) is 0 Å². The molecule has 0 saturated carbocycles. The highest BCUT2D eigenvalue weighted by atomic mass is 16.5. The lowest BCUT2D eigenvalue weighted by molar-refractivity contribution is -0.143. The molecule has 3 N–H and O–H groups in total. The second kappa shape index (κ2) is 4.95. The first kappa shape index (κ1) is 12.9. The van der Waals surface area contributed by atoms with E-state index >= 15 is 0 Å². The number of nitrogens with one attached hydrogen (secondary N) is 1. The molecule has 0 aromatic carbocycles.